The fraction of sp³-hybridized carbons (Fsp3) is 0.250. The highest BCUT2D eigenvalue weighted by Crippen LogP contribution is 2.48. The van der Waals surface area contributed by atoms with E-state index < -0.39 is 33.9 Å². The Morgan fingerprint density at radius 1 is 1.19 bits per heavy atom. The van der Waals surface area contributed by atoms with Crippen LogP contribution < -0.4 is 9.64 Å². The van der Waals surface area contributed by atoms with E-state index in [-0.39, 0.29) is 16.3 Å². The van der Waals surface area contributed by atoms with Crippen LogP contribution in [-0.2, 0) is 11.6 Å². The second-order valence-corrected chi connectivity index (χ2v) is 9.14. The SMILES string of the molecule is CC(C)(C)c1ccccc1Oc1ncc(Br)c(C(F)(F)F)c1N(C(=O)O)c1nccs1. The minimum absolute atomic E-state index is 0.174. The number of hydrogen-bond acceptors (Lipinski definition) is 5. The third-order valence-electron chi connectivity index (χ3n) is 4.18. The van der Waals surface area contributed by atoms with Gasteiger partial charge in [-0.05, 0) is 27.4 Å². The third-order valence-corrected chi connectivity index (χ3v) is 5.54. The summed E-state index contributed by atoms with van der Waals surface area (Å²) in [7, 11) is 0. The Balaban J connectivity index is 2.29. The highest BCUT2D eigenvalue weighted by Gasteiger charge is 2.42. The van der Waals surface area contributed by atoms with Crippen LogP contribution in [0.15, 0.2) is 46.5 Å². The predicted molar refractivity (Wildman–Crippen MR) is 114 cm³/mol. The van der Waals surface area contributed by atoms with E-state index in [1.165, 1.54) is 11.6 Å². The molecule has 31 heavy (non-hydrogen) atoms. The number of pyridine rings is 1. The molecule has 0 atom stereocenters. The Bertz CT molecular complexity index is 1100. The van der Waals surface area contributed by atoms with Crippen molar-refractivity contribution in [2.45, 2.75) is 32.4 Å². The molecule has 0 aliphatic rings. The van der Waals surface area contributed by atoms with E-state index in [4.69, 9.17) is 4.74 Å². The molecule has 1 amide bonds. The zero-order chi connectivity index (χ0) is 23.0. The quantitative estimate of drug-likeness (QED) is 0.396. The van der Waals surface area contributed by atoms with Gasteiger partial charge in [0.25, 0.3) is 0 Å². The minimum Gasteiger partial charge on any atom is -0.464 e. The topological polar surface area (TPSA) is 75.5 Å². The number of thiazole rings is 1. The summed E-state index contributed by atoms with van der Waals surface area (Å²) in [6.45, 7) is 5.77. The molecule has 0 saturated carbocycles. The molecule has 2 heterocycles. The number of anilines is 2. The van der Waals surface area contributed by atoms with Gasteiger partial charge in [0.15, 0.2) is 5.13 Å². The lowest BCUT2D eigenvalue weighted by Crippen LogP contribution is -2.27. The molecule has 11 heteroatoms. The van der Waals surface area contributed by atoms with Gasteiger partial charge < -0.3 is 9.84 Å². The molecule has 0 saturated heterocycles. The van der Waals surface area contributed by atoms with Crippen LogP contribution in [0.3, 0.4) is 0 Å². The summed E-state index contributed by atoms with van der Waals surface area (Å²) in [5, 5.41) is 11.1. The van der Waals surface area contributed by atoms with E-state index in [0.717, 1.165) is 23.1 Å². The number of nitrogens with zero attached hydrogens (tertiary/aromatic N) is 3. The van der Waals surface area contributed by atoms with Crippen molar-refractivity contribution in [2.75, 3.05) is 4.90 Å². The van der Waals surface area contributed by atoms with Gasteiger partial charge in [-0.15, -0.1) is 11.3 Å². The molecule has 0 fully saturated rings. The molecule has 0 aliphatic heterocycles. The first-order valence-electron chi connectivity index (χ1n) is 8.87. The molecule has 1 N–H and O–H groups in total. The monoisotopic (exact) mass is 515 g/mol. The van der Waals surface area contributed by atoms with Crippen LogP contribution in [0, 0.1) is 0 Å². The maximum atomic E-state index is 14.0. The minimum atomic E-state index is -4.90. The van der Waals surface area contributed by atoms with Crippen LogP contribution in [0.4, 0.5) is 28.8 Å². The number of halogens is 4. The highest BCUT2D eigenvalue weighted by atomic mass is 79.9. The Kier molecular flexibility index (Phi) is 6.28. The molecule has 0 bridgehead atoms. The highest BCUT2D eigenvalue weighted by molar-refractivity contribution is 9.10. The van der Waals surface area contributed by atoms with E-state index in [1.807, 2.05) is 20.8 Å². The first-order valence-corrected chi connectivity index (χ1v) is 10.5. The lowest BCUT2D eigenvalue weighted by atomic mass is 9.86. The summed E-state index contributed by atoms with van der Waals surface area (Å²) < 4.78 is 47.4. The van der Waals surface area contributed by atoms with Crippen molar-refractivity contribution in [1.82, 2.24) is 9.97 Å². The molecule has 164 valence electrons. The van der Waals surface area contributed by atoms with Gasteiger partial charge >= 0.3 is 12.3 Å². The molecular weight excluding hydrogens is 499 g/mol. The molecule has 1 aromatic carbocycles. The summed E-state index contributed by atoms with van der Waals surface area (Å²) in [6, 6.07) is 6.83. The zero-order valence-corrected chi connectivity index (χ0v) is 19.0. The van der Waals surface area contributed by atoms with E-state index in [9.17, 15) is 23.1 Å². The van der Waals surface area contributed by atoms with E-state index in [2.05, 4.69) is 25.9 Å². The molecule has 0 aliphatic carbocycles. The first-order chi connectivity index (χ1) is 14.4. The van der Waals surface area contributed by atoms with Crippen LogP contribution in [0.25, 0.3) is 0 Å². The van der Waals surface area contributed by atoms with Crippen LogP contribution in [0.5, 0.6) is 11.6 Å². The maximum absolute atomic E-state index is 14.0. The second-order valence-electron chi connectivity index (χ2n) is 7.41. The van der Waals surface area contributed by atoms with Gasteiger partial charge in [0.2, 0.25) is 5.88 Å². The molecular formula is C20H17BrF3N3O3S. The van der Waals surface area contributed by atoms with Crippen molar-refractivity contribution >= 4 is 44.2 Å². The van der Waals surface area contributed by atoms with E-state index in [1.54, 1.807) is 24.3 Å². The average molecular weight is 516 g/mol. The number of alkyl halides is 3. The summed E-state index contributed by atoms with van der Waals surface area (Å²) in [5.74, 6) is -0.242. The van der Waals surface area contributed by atoms with Gasteiger partial charge in [0.05, 0.1) is 4.47 Å². The fourth-order valence-electron chi connectivity index (χ4n) is 2.89. The van der Waals surface area contributed by atoms with Gasteiger partial charge in [-0.25, -0.2) is 19.7 Å². The lowest BCUT2D eigenvalue weighted by Gasteiger charge is -2.26. The van der Waals surface area contributed by atoms with E-state index in [0.29, 0.717) is 4.90 Å². The second kappa shape index (κ2) is 8.46. The van der Waals surface area contributed by atoms with Gasteiger partial charge in [-0.3, -0.25) is 0 Å². The van der Waals surface area contributed by atoms with Crippen molar-refractivity contribution in [3.05, 3.63) is 57.6 Å². The Labute approximate surface area is 188 Å². The van der Waals surface area contributed by atoms with Gasteiger partial charge in [0, 0.05) is 23.3 Å². The fourth-order valence-corrected chi connectivity index (χ4v) is 4.05. The Morgan fingerprint density at radius 3 is 2.42 bits per heavy atom. The average Bonchev–Trinajstić information content (AvgIpc) is 3.16. The number of ether oxygens (including phenoxy) is 1. The molecule has 0 spiro atoms. The summed E-state index contributed by atoms with van der Waals surface area (Å²) in [5.41, 5.74) is -1.67. The zero-order valence-electron chi connectivity index (χ0n) is 16.6. The van der Waals surface area contributed by atoms with Crippen LogP contribution in [-0.4, -0.2) is 21.2 Å². The van der Waals surface area contributed by atoms with Crippen molar-refractivity contribution in [2.24, 2.45) is 0 Å². The Morgan fingerprint density at radius 2 is 1.87 bits per heavy atom. The van der Waals surface area contributed by atoms with Crippen LogP contribution in [0.1, 0.15) is 31.9 Å². The number of para-hydroxylation sites is 1. The van der Waals surface area contributed by atoms with Crippen molar-refractivity contribution in [1.29, 1.82) is 0 Å². The standard InChI is InChI=1S/C20H17BrF3N3O3S/c1-19(2,3)11-6-4-5-7-13(11)30-16-15(14(20(22,23)24)12(21)10-26-16)27(18(28)29)17-25-8-9-31-17/h4-10H,1-3H3,(H,28,29). The van der Waals surface area contributed by atoms with Crippen molar-refractivity contribution < 1.29 is 27.8 Å². The maximum Gasteiger partial charge on any atom is 0.419 e. The number of hydrogen-bond donors (Lipinski definition) is 1. The predicted octanol–water partition coefficient (Wildman–Crippen LogP) is 7.23. The molecule has 0 unspecified atom stereocenters. The van der Waals surface area contributed by atoms with Crippen LogP contribution >= 0.6 is 27.3 Å². The molecule has 0 radical (unpaired) electrons. The van der Waals surface area contributed by atoms with Crippen molar-refractivity contribution in [3.8, 4) is 11.6 Å². The number of benzene rings is 1. The largest absolute Gasteiger partial charge is 0.464 e. The molecule has 3 rings (SSSR count). The van der Waals surface area contributed by atoms with Crippen LogP contribution in [0.2, 0.25) is 0 Å². The summed E-state index contributed by atoms with van der Waals surface area (Å²) in [4.78, 5) is 20.3. The van der Waals surface area contributed by atoms with E-state index >= 15 is 0 Å². The number of carboxylic acid groups (broad SMARTS) is 1. The van der Waals surface area contributed by atoms with Gasteiger partial charge in [-0.1, -0.05) is 39.0 Å². The first kappa shape index (κ1) is 23.0. The number of carbonyl (C=O) groups is 1. The lowest BCUT2D eigenvalue weighted by molar-refractivity contribution is -0.137. The number of amides is 1. The summed E-state index contributed by atoms with van der Waals surface area (Å²) >= 11 is 3.72. The molecule has 3 aromatic rings. The number of rotatable bonds is 4. The smallest absolute Gasteiger partial charge is 0.419 e. The van der Waals surface area contributed by atoms with Gasteiger partial charge in [0.1, 0.15) is 17.0 Å². The van der Waals surface area contributed by atoms with Gasteiger partial charge in [-0.2, -0.15) is 13.2 Å². The summed E-state index contributed by atoms with van der Waals surface area (Å²) in [6.07, 6.45) is -4.33. The van der Waals surface area contributed by atoms with Crippen molar-refractivity contribution in [3.63, 3.8) is 0 Å². The Hall–Kier alpha value is -2.66. The molecule has 6 nitrogen and oxygen atoms in total. The third kappa shape index (κ3) is 4.82. The normalized spacial score (nSPS) is 12.0. The molecule has 2 aromatic heterocycles. The number of aromatic nitrogens is 2.